The highest BCUT2D eigenvalue weighted by atomic mass is 19.1. The van der Waals surface area contributed by atoms with Crippen LogP contribution in [0.4, 0.5) is 10.1 Å². The van der Waals surface area contributed by atoms with Crippen molar-refractivity contribution in [1.29, 1.82) is 0 Å². The summed E-state index contributed by atoms with van der Waals surface area (Å²) in [6.45, 7) is 0.335. The van der Waals surface area contributed by atoms with Gasteiger partial charge in [-0.2, -0.15) is 0 Å². The van der Waals surface area contributed by atoms with E-state index in [2.05, 4.69) is 0 Å². The molecule has 0 aliphatic carbocycles. The second-order valence-corrected chi connectivity index (χ2v) is 4.72. The van der Waals surface area contributed by atoms with Gasteiger partial charge in [-0.1, -0.05) is 18.2 Å². The van der Waals surface area contributed by atoms with E-state index in [-0.39, 0.29) is 11.3 Å². The normalized spacial score (nSPS) is 10.2. The first-order valence-corrected chi connectivity index (χ1v) is 6.45. The third-order valence-electron chi connectivity index (χ3n) is 3.13. The number of nitrogens with zero attached hydrogens (tertiary/aromatic N) is 1. The van der Waals surface area contributed by atoms with Crippen molar-refractivity contribution in [1.82, 2.24) is 4.90 Å². The first-order chi connectivity index (χ1) is 10.0. The van der Waals surface area contributed by atoms with Crippen molar-refractivity contribution in [3.8, 4) is 5.75 Å². The van der Waals surface area contributed by atoms with Crippen molar-refractivity contribution in [2.45, 2.75) is 6.54 Å². The maximum Gasteiger partial charge on any atom is 0.260 e. The van der Waals surface area contributed by atoms with E-state index < -0.39 is 11.7 Å². The number of nitrogens with two attached hydrogens (primary N) is 1. The lowest BCUT2D eigenvalue weighted by atomic mass is 10.1. The fourth-order valence-corrected chi connectivity index (χ4v) is 2.11. The molecule has 2 rings (SSSR count). The van der Waals surface area contributed by atoms with Gasteiger partial charge in [-0.15, -0.1) is 0 Å². The molecular formula is C16H17FN2O2. The van der Waals surface area contributed by atoms with Gasteiger partial charge in [-0.05, 0) is 29.8 Å². The summed E-state index contributed by atoms with van der Waals surface area (Å²) < 4.78 is 19.0. The molecule has 5 heteroatoms. The summed E-state index contributed by atoms with van der Waals surface area (Å²) in [6, 6.07) is 11.5. The van der Waals surface area contributed by atoms with Crippen LogP contribution in [-0.4, -0.2) is 25.0 Å². The highest BCUT2D eigenvalue weighted by molar-refractivity contribution is 5.97. The minimum atomic E-state index is -0.598. The lowest BCUT2D eigenvalue weighted by Gasteiger charge is -2.19. The van der Waals surface area contributed by atoms with Gasteiger partial charge in [0.05, 0.1) is 7.11 Å². The van der Waals surface area contributed by atoms with Crippen molar-refractivity contribution < 1.29 is 13.9 Å². The molecular weight excluding hydrogens is 271 g/mol. The fourth-order valence-electron chi connectivity index (χ4n) is 2.11. The molecule has 0 bridgehead atoms. The maximum atomic E-state index is 13.9. The van der Waals surface area contributed by atoms with Gasteiger partial charge in [-0.3, -0.25) is 4.79 Å². The molecule has 2 N–H and O–H groups in total. The van der Waals surface area contributed by atoms with E-state index in [1.807, 2.05) is 12.1 Å². The second kappa shape index (κ2) is 6.26. The van der Waals surface area contributed by atoms with Crippen LogP contribution in [-0.2, 0) is 6.54 Å². The lowest BCUT2D eigenvalue weighted by Crippen LogP contribution is -2.27. The van der Waals surface area contributed by atoms with Crippen LogP contribution in [0.1, 0.15) is 15.9 Å². The zero-order valence-corrected chi connectivity index (χ0v) is 12.0. The van der Waals surface area contributed by atoms with Crippen LogP contribution in [0.5, 0.6) is 5.75 Å². The zero-order valence-electron chi connectivity index (χ0n) is 12.0. The number of rotatable bonds is 4. The number of ether oxygens (including phenoxy) is 1. The molecule has 1 amide bonds. The van der Waals surface area contributed by atoms with Crippen LogP contribution in [0.2, 0.25) is 0 Å². The highest BCUT2D eigenvalue weighted by Gasteiger charge is 2.21. The number of carbonyl (C=O) groups excluding carboxylic acids is 1. The van der Waals surface area contributed by atoms with E-state index in [1.54, 1.807) is 25.2 Å². The molecule has 0 unspecified atom stereocenters. The number of nitrogen functional groups attached to an aromatic ring is 1. The molecule has 2 aromatic carbocycles. The predicted molar refractivity (Wildman–Crippen MR) is 79.6 cm³/mol. The Kier molecular flexibility index (Phi) is 4.42. The van der Waals surface area contributed by atoms with E-state index in [0.29, 0.717) is 12.2 Å². The Bertz CT molecular complexity index is 658. The lowest BCUT2D eigenvalue weighted by molar-refractivity contribution is 0.0777. The number of benzene rings is 2. The summed E-state index contributed by atoms with van der Waals surface area (Å²) in [5.41, 5.74) is 7.14. The number of halogens is 1. The largest absolute Gasteiger partial charge is 0.496 e. The molecule has 0 aliphatic heterocycles. The zero-order chi connectivity index (χ0) is 15.4. The Morgan fingerprint density at radius 1 is 1.29 bits per heavy atom. The monoisotopic (exact) mass is 288 g/mol. The summed E-state index contributed by atoms with van der Waals surface area (Å²) >= 11 is 0. The number of hydrogen-bond acceptors (Lipinski definition) is 3. The standard InChI is InChI=1S/C16H17FN2O2/c1-19(10-11-5-3-6-12(18)9-11)16(20)15-13(17)7-4-8-14(15)21-2/h3-9H,10,18H2,1-2H3. The van der Waals surface area contributed by atoms with Gasteiger partial charge >= 0.3 is 0 Å². The van der Waals surface area contributed by atoms with E-state index in [0.717, 1.165) is 5.56 Å². The van der Waals surface area contributed by atoms with Crippen molar-refractivity contribution in [3.63, 3.8) is 0 Å². The summed E-state index contributed by atoms with van der Waals surface area (Å²) in [4.78, 5) is 13.8. The Morgan fingerprint density at radius 2 is 2.00 bits per heavy atom. The molecule has 0 atom stereocenters. The van der Waals surface area contributed by atoms with Crippen molar-refractivity contribution in [2.24, 2.45) is 0 Å². The molecule has 0 spiro atoms. The minimum Gasteiger partial charge on any atom is -0.496 e. The van der Waals surface area contributed by atoms with Crippen LogP contribution in [0.25, 0.3) is 0 Å². The van der Waals surface area contributed by atoms with Crippen LogP contribution >= 0.6 is 0 Å². The Labute approximate surface area is 122 Å². The van der Waals surface area contributed by atoms with Crippen molar-refractivity contribution >= 4 is 11.6 Å². The summed E-state index contributed by atoms with van der Waals surface area (Å²) in [5.74, 6) is -0.814. The van der Waals surface area contributed by atoms with Crippen molar-refractivity contribution in [2.75, 3.05) is 19.9 Å². The summed E-state index contributed by atoms with van der Waals surface area (Å²) in [6.07, 6.45) is 0. The van der Waals surface area contributed by atoms with Crippen LogP contribution in [0.15, 0.2) is 42.5 Å². The summed E-state index contributed by atoms with van der Waals surface area (Å²) in [7, 11) is 3.01. The van der Waals surface area contributed by atoms with Crippen LogP contribution in [0, 0.1) is 5.82 Å². The van der Waals surface area contributed by atoms with Gasteiger partial charge in [0.1, 0.15) is 17.1 Å². The molecule has 110 valence electrons. The van der Waals surface area contributed by atoms with Gasteiger partial charge in [0, 0.05) is 19.3 Å². The van der Waals surface area contributed by atoms with Gasteiger partial charge in [-0.25, -0.2) is 4.39 Å². The third-order valence-corrected chi connectivity index (χ3v) is 3.13. The maximum absolute atomic E-state index is 13.9. The van der Waals surface area contributed by atoms with Gasteiger partial charge in [0.2, 0.25) is 0 Å². The quantitative estimate of drug-likeness (QED) is 0.880. The molecule has 0 saturated carbocycles. The third kappa shape index (κ3) is 3.31. The number of carbonyl (C=O) groups is 1. The number of anilines is 1. The highest BCUT2D eigenvalue weighted by Crippen LogP contribution is 2.23. The first-order valence-electron chi connectivity index (χ1n) is 6.45. The topological polar surface area (TPSA) is 55.6 Å². The predicted octanol–water partition coefficient (Wildman–Crippen LogP) is 2.69. The number of methoxy groups -OCH3 is 1. The Morgan fingerprint density at radius 3 is 2.67 bits per heavy atom. The van der Waals surface area contributed by atoms with Crippen molar-refractivity contribution in [3.05, 3.63) is 59.4 Å². The van der Waals surface area contributed by atoms with Crippen LogP contribution < -0.4 is 10.5 Å². The number of hydrogen-bond donors (Lipinski definition) is 1. The first kappa shape index (κ1) is 14.8. The number of amides is 1. The second-order valence-electron chi connectivity index (χ2n) is 4.72. The molecule has 0 heterocycles. The molecule has 21 heavy (non-hydrogen) atoms. The smallest absolute Gasteiger partial charge is 0.260 e. The SMILES string of the molecule is COc1cccc(F)c1C(=O)N(C)Cc1cccc(N)c1. The Hall–Kier alpha value is -2.56. The van der Waals surface area contributed by atoms with Gasteiger partial charge in [0.25, 0.3) is 5.91 Å². The average Bonchev–Trinajstić information content (AvgIpc) is 2.46. The van der Waals surface area contributed by atoms with Gasteiger partial charge in [0.15, 0.2) is 0 Å². The molecule has 0 saturated heterocycles. The molecule has 2 aromatic rings. The van der Waals surface area contributed by atoms with E-state index in [4.69, 9.17) is 10.5 Å². The average molecular weight is 288 g/mol. The van der Waals surface area contributed by atoms with E-state index in [9.17, 15) is 9.18 Å². The minimum absolute atomic E-state index is 0.0635. The van der Waals surface area contributed by atoms with Crippen LogP contribution in [0.3, 0.4) is 0 Å². The molecule has 0 fully saturated rings. The Balaban J connectivity index is 2.24. The molecule has 0 aliphatic rings. The molecule has 4 nitrogen and oxygen atoms in total. The fraction of sp³-hybridized carbons (Fsp3) is 0.188. The summed E-state index contributed by atoms with van der Waals surface area (Å²) in [5, 5.41) is 0. The molecule has 0 aromatic heterocycles. The van der Waals surface area contributed by atoms with Gasteiger partial charge < -0.3 is 15.4 Å². The van der Waals surface area contributed by atoms with E-state index in [1.165, 1.54) is 24.1 Å². The molecule has 0 radical (unpaired) electrons. The van der Waals surface area contributed by atoms with E-state index >= 15 is 0 Å².